The molecule has 0 aliphatic rings. The van der Waals surface area contributed by atoms with Crippen molar-refractivity contribution in [1.29, 1.82) is 0 Å². The summed E-state index contributed by atoms with van der Waals surface area (Å²) in [5, 5.41) is 0. The Balaban J connectivity index is 2.66. The molecular formula is C11H14BrFO. The molecule has 0 radical (unpaired) electrons. The maximum absolute atomic E-state index is 13.0. The number of halogens is 2. The molecular weight excluding hydrogens is 247 g/mol. The fraction of sp³-hybridized carbons (Fsp3) is 0.455. The van der Waals surface area contributed by atoms with Gasteiger partial charge in [-0.3, -0.25) is 0 Å². The van der Waals surface area contributed by atoms with E-state index in [4.69, 9.17) is 4.74 Å². The summed E-state index contributed by atoms with van der Waals surface area (Å²) in [6, 6.07) is 4.59. The van der Waals surface area contributed by atoms with Crippen LogP contribution in [0.5, 0.6) is 5.75 Å². The van der Waals surface area contributed by atoms with E-state index in [2.05, 4.69) is 22.9 Å². The molecule has 0 bridgehead atoms. The highest BCUT2D eigenvalue weighted by molar-refractivity contribution is 9.10. The number of ether oxygens (including phenoxy) is 1. The van der Waals surface area contributed by atoms with Crippen LogP contribution in [0.3, 0.4) is 0 Å². The van der Waals surface area contributed by atoms with E-state index in [1.807, 2.05) is 6.92 Å². The molecule has 0 N–H and O–H groups in total. The van der Waals surface area contributed by atoms with Gasteiger partial charge in [-0.05, 0) is 25.5 Å². The molecule has 1 aromatic rings. The van der Waals surface area contributed by atoms with Gasteiger partial charge in [-0.15, -0.1) is 0 Å². The molecule has 0 aromatic heterocycles. The van der Waals surface area contributed by atoms with Gasteiger partial charge < -0.3 is 4.74 Å². The Hall–Kier alpha value is -0.570. The van der Waals surface area contributed by atoms with E-state index in [9.17, 15) is 4.39 Å². The Morgan fingerprint density at radius 3 is 2.71 bits per heavy atom. The summed E-state index contributed by atoms with van der Waals surface area (Å²) >= 11 is 3.22. The van der Waals surface area contributed by atoms with Crippen molar-refractivity contribution in [3.63, 3.8) is 0 Å². The van der Waals surface area contributed by atoms with Crippen LogP contribution in [0.1, 0.15) is 26.7 Å². The first kappa shape index (κ1) is 11.5. The van der Waals surface area contributed by atoms with Gasteiger partial charge in [0, 0.05) is 10.5 Å². The van der Waals surface area contributed by atoms with E-state index in [0.29, 0.717) is 10.2 Å². The minimum Gasteiger partial charge on any atom is -0.491 e. The van der Waals surface area contributed by atoms with Crippen molar-refractivity contribution in [3.8, 4) is 5.75 Å². The van der Waals surface area contributed by atoms with Crippen LogP contribution in [-0.4, -0.2) is 6.10 Å². The van der Waals surface area contributed by atoms with Gasteiger partial charge in [0.2, 0.25) is 0 Å². The highest BCUT2D eigenvalue weighted by atomic mass is 79.9. The van der Waals surface area contributed by atoms with Crippen LogP contribution in [0.4, 0.5) is 4.39 Å². The molecule has 3 heteroatoms. The summed E-state index contributed by atoms with van der Waals surface area (Å²) in [6.07, 6.45) is 2.18. The molecule has 0 heterocycles. The quantitative estimate of drug-likeness (QED) is 0.790. The maximum atomic E-state index is 13.0. The van der Waals surface area contributed by atoms with Crippen molar-refractivity contribution in [3.05, 3.63) is 28.5 Å². The molecule has 0 fully saturated rings. The molecule has 0 saturated carbocycles. The molecule has 1 unspecified atom stereocenters. The lowest BCUT2D eigenvalue weighted by atomic mass is 10.2. The van der Waals surface area contributed by atoms with Gasteiger partial charge in [0.05, 0.1) is 6.10 Å². The normalized spacial score (nSPS) is 12.6. The second-order valence-electron chi connectivity index (χ2n) is 3.32. The van der Waals surface area contributed by atoms with Crippen LogP contribution in [0.15, 0.2) is 22.7 Å². The smallest absolute Gasteiger partial charge is 0.128 e. The largest absolute Gasteiger partial charge is 0.491 e. The van der Waals surface area contributed by atoms with Crippen molar-refractivity contribution in [1.82, 2.24) is 0 Å². The van der Waals surface area contributed by atoms with Gasteiger partial charge in [-0.1, -0.05) is 29.3 Å². The van der Waals surface area contributed by atoms with E-state index < -0.39 is 0 Å². The molecule has 0 aliphatic carbocycles. The molecule has 1 rings (SSSR count). The average molecular weight is 261 g/mol. The molecule has 78 valence electrons. The summed E-state index contributed by atoms with van der Waals surface area (Å²) in [5.74, 6) is 0.302. The number of benzene rings is 1. The third-order valence-corrected chi connectivity index (χ3v) is 2.33. The van der Waals surface area contributed by atoms with Gasteiger partial charge in [0.15, 0.2) is 0 Å². The lowest BCUT2D eigenvalue weighted by Gasteiger charge is -2.13. The second kappa shape index (κ2) is 5.35. The summed E-state index contributed by atoms with van der Waals surface area (Å²) in [4.78, 5) is 0. The van der Waals surface area contributed by atoms with E-state index in [1.54, 1.807) is 6.07 Å². The SMILES string of the molecule is CCCC(C)Oc1cc(F)cc(Br)c1. The van der Waals surface area contributed by atoms with Crippen LogP contribution < -0.4 is 4.74 Å². The van der Waals surface area contributed by atoms with Crippen molar-refractivity contribution in [2.45, 2.75) is 32.8 Å². The molecule has 14 heavy (non-hydrogen) atoms. The van der Waals surface area contributed by atoms with Crippen molar-refractivity contribution >= 4 is 15.9 Å². The third-order valence-electron chi connectivity index (χ3n) is 1.87. The van der Waals surface area contributed by atoms with Gasteiger partial charge in [-0.25, -0.2) is 4.39 Å². The fourth-order valence-electron chi connectivity index (χ4n) is 1.29. The molecule has 0 spiro atoms. The molecule has 1 nitrogen and oxygen atoms in total. The lowest BCUT2D eigenvalue weighted by molar-refractivity contribution is 0.209. The van der Waals surface area contributed by atoms with Gasteiger partial charge in [-0.2, -0.15) is 0 Å². The molecule has 0 amide bonds. The molecule has 0 saturated heterocycles. The highest BCUT2D eigenvalue weighted by Gasteiger charge is 2.04. The zero-order chi connectivity index (χ0) is 10.6. The zero-order valence-electron chi connectivity index (χ0n) is 8.39. The Bertz CT molecular complexity index is 281. The number of hydrogen-bond acceptors (Lipinski definition) is 1. The van der Waals surface area contributed by atoms with Crippen LogP contribution in [0.2, 0.25) is 0 Å². The summed E-state index contributed by atoms with van der Waals surface area (Å²) in [6.45, 7) is 4.09. The van der Waals surface area contributed by atoms with Gasteiger partial charge in [0.1, 0.15) is 11.6 Å². The first-order chi connectivity index (χ1) is 6.61. The average Bonchev–Trinajstić information content (AvgIpc) is 2.01. The molecule has 1 aromatic carbocycles. The first-order valence-corrected chi connectivity index (χ1v) is 5.54. The third kappa shape index (κ3) is 3.66. The minimum atomic E-state index is -0.280. The number of hydrogen-bond donors (Lipinski definition) is 0. The van der Waals surface area contributed by atoms with Crippen molar-refractivity contribution in [2.75, 3.05) is 0 Å². The zero-order valence-corrected chi connectivity index (χ0v) is 9.97. The lowest BCUT2D eigenvalue weighted by Crippen LogP contribution is -2.10. The summed E-state index contributed by atoms with van der Waals surface area (Å²) in [7, 11) is 0. The van der Waals surface area contributed by atoms with E-state index in [-0.39, 0.29) is 11.9 Å². The van der Waals surface area contributed by atoms with Crippen molar-refractivity contribution < 1.29 is 9.13 Å². The predicted molar refractivity (Wildman–Crippen MR) is 59.1 cm³/mol. The Morgan fingerprint density at radius 2 is 2.14 bits per heavy atom. The highest BCUT2D eigenvalue weighted by Crippen LogP contribution is 2.22. The molecule has 1 atom stereocenters. The minimum absolute atomic E-state index is 0.133. The molecule has 0 aliphatic heterocycles. The van der Waals surface area contributed by atoms with E-state index in [1.165, 1.54) is 12.1 Å². The van der Waals surface area contributed by atoms with Crippen LogP contribution >= 0.6 is 15.9 Å². The van der Waals surface area contributed by atoms with Crippen LogP contribution in [-0.2, 0) is 0 Å². The predicted octanol–water partition coefficient (Wildman–Crippen LogP) is 4.16. The Kier molecular flexibility index (Phi) is 4.39. The first-order valence-electron chi connectivity index (χ1n) is 4.74. The monoisotopic (exact) mass is 260 g/mol. The van der Waals surface area contributed by atoms with E-state index >= 15 is 0 Å². The fourth-order valence-corrected chi connectivity index (χ4v) is 1.74. The topological polar surface area (TPSA) is 9.23 Å². The van der Waals surface area contributed by atoms with Gasteiger partial charge >= 0.3 is 0 Å². The maximum Gasteiger partial charge on any atom is 0.128 e. The summed E-state index contributed by atoms with van der Waals surface area (Å²) < 4.78 is 19.2. The Morgan fingerprint density at radius 1 is 1.43 bits per heavy atom. The van der Waals surface area contributed by atoms with Gasteiger partial charge in [0.25, 0.3) is 0 Å². The van der Waals surface area contributed by atoms with E-state index in [0.717, 1.165) is 12.8 Å². The van der Waals surface area contributed by atoms with Crippen LogP contribution in [0.25, 0.3) is 0 Å². The standard InChI is InChI=1S/C11H14BrFO/c1-3-4-8(2)14-11-6-9(12)5-10(13)7-11/h5-8H,3-4H2,1-2H3. The van der Waals surface area contributed by atoms with Crippen LogP contribution in [0, 0.1) is 5.82 Å². The number of rotatable bonds is 4. The Labute approximate surface area is 92.4 Å². The van der Waals surface area contributed by atoms with Crippen molar-refractivity contribution in [2.24, 2.45) is 0 Å². The summed E-state index contributed by atoms with van der Waals surface area (Å²) in [5.41, 5.74) is 0. The second-order valence-corrected chi connectivity index (χ2v) is 4.24.